The van der Waals surface area contributed by atoms with E-state index >= 15 is 0 Å². The van der Waals surface area contributed by atoms with Crippen molar-refractivity contribution in [2.75, 3.05) is 0 Å². The van der Waals surface area contributed by atoms with E-state index in [9.17, 15) is 5.11 Å². The molecule has 0 bridgehead atoms. The highest BCUT2D eigenvalue weighted by Crippen LogP contribution is 2.25. The molecule has 1 aromatic carbocycles. The predicted octanol–water partition coefficient (Wildman–Crippen LogP) is 5.18. The number of aliphatic hydroxyl groups is 1. The lowest BCUT2D eigenvalue weighted by Gasteiger charge is -2.14. The third-order valence-electron chi connectivity index (χ3n) is 3.11. The van der Waals surface area contributed by atoms with E-state index in [0.29, 0.717) is 6.42 Å². The summed E-state index contributed by atoms with van der Waals surface area (Å²) < 4.78 is 1.03. The molecule has 0 fully saturated rings. The minimum Gasteiger partial charge on any atom is -0.388 e. The molecule has 0 aliphatic rings. The van der Waals surface area contributed by atoms with Crippen LogP contribution in [0, 0.1) is 0 Å². The Balaban J connectivity index is 2.60. The van der Waals surface area contributed by atoms with E-state index in [1.807, 2.05) is 24.3 Å². The molecule has 0 spiro atoms. The van der Waals surface area contributed by atoms with Crippen molar-refractivity contribution in [1.29, 1.82) is 0 Å². The van der Waals surface area contributed by atoms with Gasteiger partial charge in [0.2, 0.25) is 0 Å². The van der Waals surface area contributed by atoms with Crippen LogP contribution in [0.2, 0.25) is 0 Å². The number of aliphatic hydroxyl groups excluding tert-OH is 1. The Morgan fingerprint density at radius 2 is 1.78 bits per heavy atom. The zero-order valence-electron chi connectivity index (χ0n) is 11.3. The molecule has 1 N–H and O–H groups in total. The van der Waals surface area contributed by atoms with Gasteiger partial charge in [-0.05, 0) is 51.3 Å². The highest BCUT2D eigenvalue weighted by Gasteiger charge is 2.09. The van der Waals surface area contributed by atoms with Crippen LogP contribution in [0.4, 0.5) is 0 Å². The van der Waals surface area contributed by atoms with Crippen molar-refractivity contribution in [1.82, 2.24) is 0 Å². The Hall–Kier alpha value is -0.860. The molecule has 1 atom stereocenters. The topological polar surface area (TPSA) is 20.2 Å². The largest absolute Gasteiger partial charge is 0.388 e. The van der Waals surface area contributed by atoms with Gasteiger partial charge in [-0.1, -0.05) is 51.4 Å². The van der Waals surface area contributed by atoms with Gasteiger partial charge >= 0.3 is 0 Å². The molecular formula is C16H21BrO. The Morgan fingerprint density at radius 1 is 1.22 bits per heavy atom. The van der Waals surface area contributed by atoms with Gasteiger partial charge in [-0.25, -0.2) is 0 Å². The number of benzene rings is 1. The average molecular weight is 309 g/mol. The third-order valence-corrected chi connectivity index (χ3v) is 3.63. The number of hydrogen-bond donors (Lipinski definition) is 1. The van der Waals surface area contributed by atoms with Gasteiger partial charge in [0, 0.05) is 4.47 Å². The zero-order valence-corrected chi connectivity index (χ0v) is 12.9. The van der Waals surface area contributed by atoms with Crippen molar-refractivity contribution >= 4 is 15.9 Å². The summed E-state index contributed by atoms with van der Waals surface area (Å²) in [5.74, 6) is 0. The lowest BCUT2D eigenvalue weighted by atomic mass is 9.97. The van der Waals surface area contributed by atoms with Crippen LogP contribution in [0.5, 0.6) is 0 Å². The Labute approximate surface area is 118 Å². The minimum atomic E-state index is -0.462. The number of halogens is 1. The molecule has 2 heteroatoms. The molecule has 1 unspecified atom stereocenters. The van der Waals surface area contributed by atoms with E-state index in [1.54, 1.807) is 0 Å². The molecule has 98 valence electrons. The number of hydrogen-bond acceptors (Lipinski definition) is 1. The molecule has 0 aliphatic heterocycles. The average Bonchev–Trinajstić information content (AvgIpc) is 2.29. The van der Waals surface area contributed by atoms with Gasteiger partial charge in [0.05, 0.1) is 6.10 Å². The summed E-state index contributed by atoms with van der Waals surface area (Å²) in [5.41, 5.74) is 4.68. The second kappa shape index (κ2) is 6.91. The second-order valence-electron chi connectivity index (χ2n) is 4.98. The fourth-order valence-electron chi connectivity index (χ4n) is 1.70. The predicted molar refractivity (Wildman–Crippen MR) is 81.5 cm³/mol. The first-order chi connectivity index (χ1) is 8.40. The highest BCUT2D eigenvalue weighted by atomic mass is 79.9. The molecule has 1 rings (SSSR count). The van der Waals surface area contributed by atoms with Crippen LogP contribution in [0.1, 0.15) is 45.3 Å². The molecule has 0 saturated heterocycles. The van der Waals surface area contributed by atoms with Gasteiger partial charge in [0.1, 0.15) is 0 Å². The fraction of sp³-hybridized carbons (Fsp3) is 0.375. The quantitative estimate of drug-likeness (QED) is 0.743. The standard InChI is InChI=1S/C16H21BrO/c1-11(2)13(4)9-12(3)10-16(18)14-5-7-15(17)8-6-14/h5-8,16,18H,3,9-10H2,1-2,4H3. The first-order valence-corrected chi connectivity index (χ1v) is 6.92. The van der Waals surface area contributed by atoms with Crippen molar-refractivity contribution in [2.45, 2.75) is 39.7 Å². The van der Waals surface area contributed by atoms with Crippen molar-refractivity contribution in [3.05, 3.63) is 57.6 Å². The Kier molecular flexibility index (Phi) is 5.83. The van der Waals surface area contributed by atoms with Gasteiger partial charge in [0.15, 0.2) is 0 Å². The monoisotopic (exact) mass is 308 g/mol. The zero-order chi connectivity index (χ0) is 13.7. The van der Waals surface area contributed by atoms with Gasteiger partial charge in [-0.3, -0.25) is 0 Å². The Bertz CT molecular complexity index is 439. The molecule has 0 heterocycles. The van der Waals surface area contributed by atoms with Crippen LogP contribution in [0.3, 0.4) is 0 Å². The van der Waals surface area contributed by atoms with Gasteiger partial charge < -0.3 is 5.11 Å². The number of allylic oxidation sites excluding steroid dienone is 2. The molecule has 18 heavy (non-hydrogen) atoms. The fourth-order valence-corrected chi connectivity index (χ4v) is 1.96. The molecule has 0 radical (unpaired) electrons. The second-order valence-corrected chi connectivity index (χ2v) is 5.89. The van der Waals surface area contributed by atoms with Gasteiger partial charge in [-0.15, -0.1) is 0 Å². The first-order valence-electron chi connectivity index (χ1n) is 6.13. The van der Waals surface area contributed by atoms with Crippen molar-refractivity contribution < 1.29 is 5.11 Å². The van der Waals surface area contributed by atoms with Crippen molar-refractivity contribution in [3.8, 4) is 0 Å². The third kappa shape index (κ3) is 4.79. The molecule has 0 aliphatic carbocycles. The number of rotatable bonds is 5. The van der Waals surface area contributed by atoms with Crippen molar-refractivity contribution in [2.24, 2.45) is 0 Å². The van der Waals surface area contributed by atoms with E-state index in [1.165, 1.54) is 11.1 Å². The summed E-state index contributed by atoms with van der Waals surface area (Å²) >= 11 is 3.39. The summed E-state index contributed by atoms with van der Waals surface area (Å²) in [6.07, 6.45) is 1.03. The normalized spacial score (nSPS) is 12.1. The highest BCUT2D eigenvalue weighted by molar-refractivity contribution is 9.10. The van der Waals surface area contributed by atoms with Crippen LogP contribution < -0.4 is 0 Å². The van der Waals surface area contributed by atoms with Crippen molar-refractivity contribution in [3.63, 3.8) is 0 Å². The smallest absolute Gasteiger partial charge is 0.0827 e. The summed E-state index contributed by atoms with van der Waals surface area (Å²) in [6.45, 7) is 10.4. The van der Waals surface area contributed by atoms with Crippen LogP contribution in [0.25, 0.3) is 0 Å². The first kappa shape index (κ1) is 15.2. The maximum Gasteiger partial charge on any atom is 0.0827 e. The van der Waals surface area contributed by atoms with Crippen LogP contribution in [0.15, 0.2) is 52.0 Å². The molecule has 1 aromatic rings. The molecule has 0 aromatic heterocycles. The van der Waals surface area contributed by atoms with E-state index in [4.69, 9.17) is 0 Å². The molecule has 0 saturated carbocycles. The minimum absolute atomic E-state index is 0.462. The summed E-state index contributed by atoms with van der Waals surface area (Å²) in [7, 11) is 0. The van der Waals surface area contributed by atoms with E-state index in [2.05, 4.69) is 43.3 Å². The Morgan fingerprint density at radius 3 is 2.28 bits per heavy atom. The molecular weight excluding hydrogens is 288 g/mol. The maximum atomic E-state index is 10.1. The lowest BCUT2D eigenvalue weighted by molar-refractivity contribution is 0.177. The van der Waals surface area contributed by atoms with E-state index < -0.39 is 6.10 Å². The van der Waals surface area contributed by atoms with E-state index in [0.717, 1.165) is 22.0 Å². The molecule has 1 nitrogen and oxygen atoms in total. The summed E-state index contributed by atoms with van der Waals surface area (Å²) in [4.78, 5) is 0. The van der Waals surface area contributed by atoms with Crippen LogP contribution >= 0.6 is 15.9 Å². The van der Waals surface area contributed by atoms with Gasteiger partial charge in [0.25, 0.3) is 0 Å². The van der Waals surface area contributed by atoms with Gasteiger partial charge in [-0.2, -0.15) is 0 Å². The lowest BCUT2D eigenvalue weighted by Crippen LogP contribution is -1.99. The maximum absolute atomic E-state index is 10.1. The summed E-state index contributed by atoms with van der Waals surface area (Å²) in [5, 5.41) is 10.1. The van der Waals surface area contributed by atoms with Crippen LogP contribution in [-0.4, -0.2) is 5.11 Å². The molecule has 0 amide bonds. The summed E-state index contributed by atoms with van der Waals surface area (Å²) in [6, 6.07) is 7.77. The SMILES string of the molecule is C=C(CC(C)=C(C)C)CC(O)c1ccc(Br)cc1. The van der Waals surface area contributed by atoms with Crippen LogP contribution in [-0.2, 0) is 0 Å². The van der Waals surface area contributed by atoms with E-state index in [-0.39, 0.29) is 0 Å².